The van der Waals surface area contributed by atoms with E-state index >= 15 is 0 Å². The maximum absolute atomic E-state index is 12.5. The van der Waals surface area contributed by atoms with E-state index in [1.807, 2.05) is 32.2 Å². The van der Waals surface area contributed by atoms with Crippen LogP contribution >= 0.6 is 0 Å². The molecule has 6 nitrogen and oxygen atoms in total. The lowest BCUT2D eigenvalue weighted by Crippen LogP contribution is -2.28. The molecule has 1 atom stereocenters. The first-order chi connectivity index (χ1) is 12.8. The zero-order valence-corrected chi connectivity index (χ0v) is 16.7. The van der Waals surface area contributed by atoms with Crippen LogP contribution < -0.4 is 14.4 Å². The molecular weight excluding hydrogens is 364 g/mol. The molecule has 0 aromatic heterocycles. The number of aryl methyl sites for hydroxylation is 1. The first-order valence-corrected chi connectivity index (χ1v) is 10.5. The van der Waals surface area contributed by atoms with Gasteiger partial charge in [0.1, 0.15) is 5.75 Å². The maximum atomic E-state index is 12.5. The van der Waals surface area contributed by atoms with Crippen LogP contribution in [0.3, 0.4) is 0 Å². The predicted octanol–water partition coefficient (Wildman–Crippen LogP) is 2.40. The van der Waals surface area contributed by atoms with Gasteiger partial charge in [0.15, 0.2) is 0 Å². The van der Waals surface area contributed by atoms with E-state index in [1.165, 1.54) is 11.6 Å². The third-order valence-electron chi connectivity index (χ3n) is 4.84. The Balaban J connectivity index is 1.69. The summed E-state index contributed by atoms with van der Waals surface area (Å²) < 4.78 is 33.0. The number of benzene rings is 2. The van der Waals surface area contributed by atoms with Crippen molar-refractivity contribution in [3.05, 3.63) is 53.1 Å². The van der Waals surface area contributed by atoms with Gasteiger partial charge in [-0.05, 0) is 61.2 Å². The van der Waals surface area contributed by atoms with Crippen LogP contribution in [0.5, 0.6) is 5.75 Å². The second kappa shape index (κ2) is 7.88. The molecule has 0 radical (unpaired) electrons. The van der Waals surface area contributed by atoms with Crippen LogP contribution in [0.15, 0.2) is 41.3 Å². The van der Waals surface area contributed by atoms with Crippen molar-refractivity contribution in [1.82, 2.24) is 4.72 Å². The first-order valence-electron chi connectivity index (χ1n) is 9.07. The van der Waals surface area contributed by atoms with Crippen molar-refractivity contribution in [2.75, 3.05) is 31.6 Å². The number of sulfonamides is 1. The van der Waals surface area contributed by atoms with E-state index in [2.05, 4.69) is 9.62 Å². The molecule has 0 spiro atoms. The van der Waals surface area contributed by atoms with E-state index in [9.17, 15) is 13.5 Å². The summed E-state index contributed by atoms with van der Waals surface area (Å²) in [5.41, 5.74) is 3.81. The number of aliphatic hydroxyl groups is 1. The van der Waals surface area contributed by atoms with Crippen LogP contribution in [0.25, 0.3) is 0 Å². The molecule has 146 valence electrons. The summed E-state index contributed by atoms with van der Waals surface area (Å²) in [6, 6.07) is 10.5. The fourth-order valence-electron chi connectivity index (χ4n) is 3.29. The Morgan fingerprint density at radius 3 is 2.74 bits per heavy atom. The number of anilines is 1. The second-order valence-electron chi connectivity index (χ2n) is 6.79. The van der Waals surface area contributed by atoms with Crippen LogP contribution in [0, 0.1) is 6.92 Å². The van der Waals surface area contributed by atoms with Crippen molar-refractivity contribution in [2.24, 2.45) is 0 Å². The van der Waals surface area contributed by atoms with Crippen molar-refractivity contribution >= 4 is 15.7 Å². The average molecular weight is 391 g/mol. The zero-order valence-electron chi connectivity index (χ0n) is 15.9. The summed E-state index contributed by atoms with van der Waals surface area (Å²) in [5, 5.41) is 10.4. The lowest BCUT2D eigenvalue weighted by molar-refractivity contribution is 0.182. The van der Waals surface area contributed by atoms with E-state index < -0.39 is 16.1 Å². The Labute approximate surface area is 160 Å². The number of likely N-dealkylation sites (N-methyl/N-ethyl adjacent to an activating group) is 1. The Kier molecular flexibility index (Phi) is 5.74. The molecule has 1 aliphatic rings. The molecule has 0 aliphatic carbocycles. The van der Waals surface area contributed by atoms with Crippen molar-refractivity contribution in [1.29, 1.82) is 0 Å². The highest BCUT2D eigenvalue weighted by Crippen LogP contribution is 2.29. The van der Waals surface area contributed by atoms with Crippen LogP contribution in [0.4, 0.5) is 5.69 Å². The summed E-state index contributed by atoms with van der Waals surface area (Å²) in [4.78, 5) is 2.33. The zero-order chi connectivity index (χ0) is 19.6. The molecule has 1 heterocycles. The van der Waals surface area contributed by atoms with Crippen LogP contribution in [-0.2, 0) is 16.4 Å². The highest BCUT2D eigenvalue weighted by atomic mass is 32.2. The monoisotopic (exact) mass is 390 g/mol. The number of rotatable bonds is 7. The smallest absolute Gasteiger partial charge is 0.240 e. The lowest BCUT2D eigenvalue weighted by Gasteiger charge is -2.16. The molecule has 3 rings (SSSR count). The molecule has 2 aromatic rings. The summed E-state index contributed by atoms with van der Waals surface area (Å²) in [6.45, 7) is 5.08. The summed E-state index contributed by atoms with van der Waals surface area (Å²) in [6.07, 6.45) is 0.0311. The Morgan fingerprint density at radius 2 is 2.04 bits per heavy atom. The molecule has 2 aromatic carbocycles. The van der Waals surface area contributed by atoms with Gasteiger partial charge < -0.3 is 14.7 Å². The molecule has 0 saturated carbocycles. The molecule has 0 fully saturated rings. The number of hydrogen-bond donors (Lipinski definition) is 2. The van der Waals surface area contributed by atoms with E-state index in [4.69, 9.17) is 4.74 Å². The van der Waals surface area contributed by atoms with Crippen LogP contribution in [-0.4, -0.2) is 40.3 Å². The van der Waals surface area contributed by atoms with E-state index in [-0.39, 0.29) is 11.4 Å². The fraction of sp³-hybridized carbons (Fsp3) is 0.400. The lowest BCUT2D eigenvalue weighted by atomic mass is 10.0. The van der Waals surface area contributed by atoms with E-state index in [0.717, 1.165) is 29.8 Å². The summed E-state index contributed by atoms with van der Waals surface area (Å²) >= 11 is 0. The van der Waals surface area contributed by atoms with Gasteiger partial charge in [0.05, 0.1) is 17.6 Å². The number of hydrogen-bond acceptors (Lipinski definition) is 5. The van der Waals surface area contributed by atoms with E-state index in [1.54, 1.807) is 19.1 Å². The van der Waals surface area contributed by atoms with Gasteiger partial charge in [0.25, 0.3) is 0 Å². The van der Waals surface area contributed by atoms with Gasteiger partial charge in [-0.3, -0.25) is 0 Å². The third kappa shape index (κ3) is 4.26. The minimum absolute atomic E-state index is 0.0801. The highest BCUT2D eigenvalue weighted by molar-refractivity contribution is 7.89. The van der Waals surface area contributed by atoms with Gasteiger partial charge in [-0.2, -0.15) is 0 Å². The minimum Gasteiger partial charge on any atom is -0.494 e. The molecule has 1 unspecified atom stereocenters. The molecule has 0 saturated heterocycles. The molecule has 0 bridgehead atoms. The molecule has 27 heavy (non-hydrogen) atoms. The number of fused-ring (bicyclic) bond motifs is 1. The van der Waals surface area contributed by atoms with Gasteiger partial charge in [-0.25, -0.2) is 13.1 Å². The number of aliphatic hydroxyl groups excluding tert-OH is 1. The second-order valence-corrected chi connectivity index (χ2v) is 8.55. The maximum Gasteiger partial charge on any atom is 0.240 e. The standard InChI is InChI=1S/C20H26N2O4S/c1-4-26-20-8-6-17(11-14(20)2)27(24,25)21-13-19(23)16-5-7-18-15(12-16)9-10-22(18)3/h5-8,11-12,19,21,23H,4,9-10,13H2,1-3H3. The van der Waals surface area contributed by atoms with Crippen LogP contribution in [0.1, 0.15) is 29.7 Å². The van der Waals surface area contributed by atoms with Crippen molar-refractivity contribution in [3.63, 3.8) is 0 Å². The van der Waals surface area contributed by atoms with Gasteiger partial charge in [-0.1, -0.05) is 12.1 Å². The highest BCUT2D eigenvalue weighted by Gasteiger charge is 2.20. The molecule has 2 N–H and O–H groups in total. The fourth-order valence-corrected chi connectivity index (χ4v) is 4.41. The first kappa shape index (κ1) is 19.7. The van der Waals surface area contributed by atoms with Crippen molar-refractivity contribution in [2.45, 2.75) is 31.3 Å². The Hall–Kier alpha value is -2.09. The van der Waals surface area contributed by atoms with Crippen molar-refractivity contribution < 1.29 is 18.3 Å². The molecule has 7 heteroatoms. The van der Waals surface area contributed by atoms with Gasteiger partial charge in [0.2, 0.25) is 10.0 Å². The van der Waals surface area contributed by atoms with Gasteiger partial charge >= 0.3 is 0 Å². The molecule has 0 amide bonds. The van der Waals surface area contributed by atoms with Crippen molar-refractivity contribution in [3.8, 4) is 5.75 Å². The normalized spacial score (nSPS) is 14.9. The topological polar surface area (TPSA) is 78.9 Å². The van der Waals surface area contributed by atoms with E-state index in [0.29, 0.717) is 12.4 Å². The minimum atomic E-state index is -3.71. The SMILES string of the molecule is CCOc1ccc(S(=O)(=O)NCC(O)c2ccc3c(c2)CCN3C)cc1C. The summed E-state index contributed by atoms with van der Waals surface area (Å²) in [5.74, 6) is 0.666. The number of nitrogens with one attached hydrogen (secondary N) is 1. The molecular formula is C20H26N2O4S. The Morgan fingerprint density at radius 1 is 1.26 bits per heavy atom. The largest absolute Gasteiger partial charge is 0.494 e. The van der Waals surface area contributed by atoms with Crippen LogP contribution in [0.2, 0.25) is 0 Å². The quantitative estimate of drug-likeness (QED) is 0.759. The van der Waals surface area contributed by atoms with Gasteiger partial charge in [-0.15, -0.1) is 0 Å². The van der Waals surface area contributed by atoms with Gasteiger partial charge in [0, 0.05) is 25.8 Å². The summed E-state index contributed by atoms with van der Waals surface area (Å²) in [7, 11) is -1.68. The number of ether oxygens (including phenoxy) is 1. The molecule has 1 aliphatic heterocycles. The number of nitrogens with zero attached hydrogens (tertiary/aromatic N) is 1. The predicted molar refractivity (Wildman–Crippen MR) is 106 cm³/mol. The Bertz CT molecular complexity index is 928. The average Bonchev–Trinajstić information content (AvgIpc) is 3.02. The third-order valence-corrected chi connectivity index (χ3v) is 6.26.